The molecule has 0 radical (unpaired) electrons. The van der Waals surface area contributed by atoms with E-state index in [0.717, 1.165) is 38.5 Å². The molecule has 8 nitrogen and oxygen atoms in total. The summed E-state index contributed by atoms with van der Waals surface area (Å²) in [5.41, 5.74) is 5.88. The second-order valence-corrected chi connectivity index (χ2v) is 7.32. The van der Waals surface area contributed by atoms with Gasteiger partial charge in [-0.05, 0) is 30.3 Å². The van der Waals surface area contributed by atoms with Gasteiger partial charge >= 0.3 is 0 Å². The number of nitro groups is 1. The predicted molar refractivity (Wildman–Crippen MR) is 110 cm³/mol. The molecule has 0 aliphatic carbocycles. The molecule has 2 aromatic rings. The van der Waals surface area contributed by atoms with E-state index in [-0.39, 0.29) is 11.3 Å². The van der Waals surface area contributed by atoms with Crippen LogP contribution in [0.1, 0.15) is 15.9 Å². The van der Waals surface area contributed by atoms with Crippen molar-refractivity contribution in [2.75, 3.05) is 39.3 Å². The number of piperazine rings is 1. The number of carbonyl (C=O) groups excluding carboxylic acids is 1. The highest BCUT2D eigenvalue weighted by Crippen LogP contribution is 2.22. The minimum Gasteiger partial charge on any atom is -0.492 e. The van der Waals surface area contributed by atoms with E-state index >= 15 is 0 Å². The molecule has 1 fully saturated rings. The Morgan fingerprint density at radius 1 is 1.10 bits per heavy atom. The number of hydrogen-bond donors (Lipinski definition) is 1. The molecule has 29 heavy (non-hydrogen) atoms. The third kappa shape index (κ3) is 5.90. The Balaban J connectivity index is 1.48. The van der Waals surface area contributed by atoms with Crippen molar-refractivity contribution >= 4 is 23.2 Å². The van der Waals surface area contributed by atoms with E-state index in [9.17, 15) is 14.9 Å². The molecule has 0 aromatic heterocycles. The Bertz CT molecular complexity index is 867. The number of amides is 1. The van der Waals surface area contributed by atoms with E-state index in [4.69, 9.17) is 22.1 Å². The standard InChI is InChI=1S/C20H23ClN4O4/c21-17-3-5-18(6-4-17)29-12-11-23-7-9-24(10-8-23)14-16-2-1-15(20(22)26)13-19(16)25(27)28/h1-6,13H,7-12,14H2,(H2,22,26). The van der Waals surface area contributed by atoms with Crippen molar-refractivity contribution in [2.24, 2.45) is 5.73 Å². The molecule has 0 atom stereocenters. The van der Waals surface area contributed by atoms with Crippen molar-refractivity contribution in [1.29, 1.82) is 0 Å². The maximum absolute atomic E-state index is 11.3. The van der Waals surface area contributed by atoms with Crippen molar-refractivity contribution in [3.8, 4) is 5.75 Å². The van der Waals surface area contributed by atoms with Gasteiger partial charge < -0.3 is 10.5 Å². The SMILES string of the molecule is NC(=O)c1ccc(CN2CCN(CCOc3ccc(Cl)cc3)CC2)c([N+](=O)[O-])c1. The van der Waals surface area contributed by atoms with E-state index in [0.29, 0.717) is 23.7 Å². The minimum absolute atomic E-state index is 0.0694. The Labute approximate surface area is 173 Å². The lowest BCUT2D eigenvalue weighted by Crippen LogP contribution is -2.47. The lowest BCUT2D eigenvalue weighted by Gasteiger charge is -2.34. The van der Waals surface area contributed by atoms with Crippen LogP contribution < -0.4 is 10.5 Å². The highest BCUT2D eigenvalue weighted by molar-refractivity contribution is 6.30. The zero-order chi connectivity index (χ0) is 20.8. The van der Waals surface area contributed by atoms with Crippen LogP contribution in [0.2, 0.25) is 5.02 Å². The van der Waals surface area contributed by atoms with E-state index in [2.05, 4.69) is 9.80 Å². The zero-order valence-electron chi connectivity index (χ0n) is 15.9. The molecule has 1 saturated heterocycles. The summed E-state index contributed by atoms with van der Waals surface area (Å²) < 4.78 is 5.73. The van der Waals surface area contributed by atoms with Crippen LogP contribution in [-0.4, -0.2) is 60.0 Å². The van der Waals surface area contributed by atoms with E-state index in [1.807, 2.05) is 12.1 Å². The largest absolute Gasteiger partial charge is 0.492 e. The van der Waals surface area contributed by atoms with Gasteiger partial charge in [0.05, 0.1) is 4.92 Å². The molecule has 154 valence electrons. The number of ether oxygens (including phenoxy) is 1. The van der Waals surface area contributed by atoms with Crippen LogP contribution in [0.3, 0.4) is 0 Å². The van der Waals surface area contributed by atoms with Crippen LogP contribution in [0.15, 0.2) is 42.5 Å². The first-order valence-electron chi connectivity index (χ1n) is 9.32. The summed E-state index contributed by atoms with van der Waals surface area (Å²) in [5.74, 6) is 0.119. The summed E-state index contributed by atoms with van der Waals surface area (Å²) in [6.07, 6.45) is 0. The molecule has 3 rings (SSSR count). The summed E-state index contributed by atoms with van der Waals surface area (Å²) in [4.78, 5) is 26.6. The summed E-state index contributed by atoms with van der Waals surface area (Å²) >= 11 is 5.86. The van der Waals surface area contributed by atoms with E-state index < -0.39 is 10.8 Å². The third-order valence-electron chi connectivity index (χ3n) is 4.92. The monoisotopic (exact) mass is 418 g/mol. The number of hydrogen-bond acceptors (Lipinski definition) is 6. The fourth-order valence-electron chi connectivity index (χ4n) is 3.26. The predicted octanol–water partition coefficient (Wildman–Crippen LogP) is 2.54. The van der Waals surface area contributed by atoms with Gasteiger partial charge in [0, 0.05) is 61.5 Å². The summed E-state index contributed by atoms with van der Waals surface area (Å²) in [6.45, 7) is 5.18. The van der Waals surface area contributed by atoms with Gasteiger partial charge in [0.1, 0.15) is 12.4 Å². The molecule has 0 saturated carbocycles. The van der Waals surface area contributed by atoms with Crippen molar-refractivity contribution in [1.82, 2.24) is 9.80 Å². The van der Waals surface area contributed by atoms with Crippen molar-refractivity contribution in [3.05, 3.63) is 68.7 Å². The number of nitro benzene ring substituents is 1. The third-order valence-corrected chi connectivity index (χ3v) is 5.17. The zero-order valence-corrected chi connectivity index (χ0v) is 16.7. The molecule has 9 heteroatoms. The molecule has 1 heterocycles. The minimum atomic E-state index is -0.672. The van der Waals surface area contributed by atoms with Crippen LogP contribution >= 0.6 is 11.6 Å². The molecule has 1 amide bonds. The molecule has 0 spiro atoms. The fraction of sp³-hybridized carbons (Fsp3) is 0.350. The number of primary amides is 1. The van der Waals surface area contributed by atoms with Crippen LogP contribution in [0.25, 0.3) is 0 Å². The van der Waals surface area contributed by atoms with Gasteiger partial charge in [-0.2, -0.15) is 0 Å². The number of carbonyl (C=O) groups is 1. The number of nitrogens with zero attached hydrogens (tertiary/aromatic N) is 3. The highest BCUT2D eigenvalue weighted by atomic mass is 35.5. The molecule has 0 unspecified atom stereocenters. The summed E-state index contributed by atoms with van der Waals surface area (Å²) in [6, 6.07) is 11.7. The Morgan fingerprint density at radius 2 is 1.76 bits per heavy atom. The maximum atomic E-state index is 11.3. The first-order chi connectivity index (χ1) is 13.9. The normalized spacial score (nSPS) is 15.2. The molecular formula is C20H23ClN4O4. The van der Waals surface area contributed by atoms with Gasteiger partial charge in [0.2, 0.25) is 5.91 Å². The smallest absolute Gasteiger partial charge is 0.274 e. The first kappa shape index (κ1) is 21.0. The molecule has 0 bridgehead atoms. The molecule has 2 N–H and O–H groups in total. The number of rotatable bonds is 8. The van der Waals surface area contributed by atoms with Crippen molar-refractivity contribution in [2.45, 2.75) is 6.54 Å². The quantitative estimate of drug-likeness (QED) is 0.522. The second kappa shape index (κ2) is 9.69. The topological polar surface area (TPSA) is 102 Å². The van der Waals surface area contributed by atoms with Gasteiger partial charge in [-0.15, -0.1) is 0 Å². The van der Waals surface area contributed by atoms with Gasteiger partial charge in [0.15, 0.2) is 0 Å². The maximum Gasteiger partial charge on any atom is 0.274 e. The molecule has 2 aromatic carbocycles. The van der Waals surface area contributed by atoms with E-state index in [1.54, 1.807) is 18.2 Å². The van der Waals surface area contributed by atoms with Crippen LogP contribution in [0.4, 0.5) is 5.69 Å². The van der Waals surface area contributed by atoms with Gasteiger partial charge in [-0.1, -0.05) is 17.7 Å². The van der Waals surface area contributed by atoms with E-state index in [1.165, 1.54) is 12.1 Å². The number of halogens is 1. The molecule has 1 aliphatic heterocycles. The van der Waals surface area contributed by atoms with Crippen LogP contribution in [0, 0.1) is 10.1 Å². The first-order valence-corrected chi connectivity index (χ1v) is 9.70. The second-order valence-electron chi connectivity index (χ2n) is 6.89. The van der Waals surface area contributed by atoms with Crippen LogP contribution in [-0.2, 0) is 6.54 Å². The highest BCUT2D eigenvalue weighted by Gasteiger charge is 2.22. The average Bonchev–Trinajstić information content (AvgIpc) is 2.71. The lowest BCUT2D eigenvalue weighted by molar-refractivity contribution is -0.385. The molecular weight excluding hydrogens is 396 g/mol. The average molecular weight is 419 g/mol. The van der Waals surface area contributed by atoms with Gasteiger partial charge in [-0.3, -0.25) is 24.7 Å². The van der Waals surface area contributed by atoms with Gasteiger partial charge in [0.25, 0.3) is 5.69 Å². The molecule has 1 aliphatic rings. The lowest BCUT2D eigenvalue weighted by atomic mass is 10.1. The Morgan fingerprint density at radius 3 is 2.38 bits per heavy atom. The Kier molecular flexibility index (Phi) is 7.03. The van der Waals surface area contributed by atoms with Crippen molar-refractivity contribution in [3.63, 3.8) is 0 Å². The van der Waals surface area contributed by atoms with Crippen LogP contribution in [0.5, 0.6) is 5.75 Å². The number of nitrogens with two attached hydrogens (primary N) is 1. The van der Waals surface area contributed by atoms with Gasteiger partial charge in [-0.25, -0.2) is 0 Å². The summed E-state index contributed by atoms with van der Waals surface area (Å²) in [7, 11) is 0. The van der Waals surface area contributed by atoms with Crippen molar-refractivity contribution < 1.29 is 14.5 Å². The Hall–Kier alpha value is -2.68. The fourth-order valence-corrected chi connectivity index (χ4v) is 3.38. The summed E-state index contributed by atoms with van der Waals surface area (Å²) in [5, 5.41) is 12.0. The number of benzene rings is 2.